The molecule has 0 aliphatic carbocycles. The quantitative estimate of drug-likeness (QED) is 0.724. The van der Waals surface area contributed by atoms with Crippen LogP contribution < -0.4 is 10.1 Å². The van der Waals surface area contributed by atoms with Gasteiger partial charge in [0, 0.05) is 17.1 Å². The maximum Gasteiger partial charge on any atom is 0.146 e. The van der Waals surface area contributed by atoms with E-state index in [-0.39, 0.29) is 0 Å². The average Bonchev–Trinajstić information content (AvgIpc) is 2.86. The summed E-state index contributed by atoms with van der Waals surface area (Å²) < 4.78 is 12.0. The minimum absolute atomic E-state index is 0.397. The van der Waals surface area contributed by atoms with Gasteiger partial charge in [0.1, 0.15) is 18.1 Å². The normalized spacial score (nSPS) is 10.8. The van der Waals surface area contributed by atoms with Gasteiger partial charge in [-0.05, 0) is 53.2 Å². The molecule has 2 aromatic rings. The van der Waals surface area contributed by atoms with Crippen LogP contribution >= 0.6 is 27.5 Å². The van der Waals surface area contributed by atoms with Crippen molar-refractivity contribution in [2.45, 2.75) is 26.5 Å². The highest BCUT2D eigenvalue weighted by Crippen LogP contribution is 2.28. The number of hydrogen-bond donors (Lipinski definition) is 1. The van der Waals surface area contributed by atoms with Crippen molar-refractivity contribution < 1.29 is 9.15 Å². The van der Waals surface area contributed by atoms with Crippen LogP contribution in [0.2, 0.25) is 5.02 Å². The molecule has 0 fully saturated rings. The first kappa shape index (κ1) is 15.4. The molecule has 0 bridgehead atoms. The minimum atomic E-state index is 0.397. The Morgan fingerprint density at radius 2 is 2.20 bits per heavy atom. The van der Waals surface area contributed by atoms with E-state index in [0.717, 1.165) is 41.1 Å². The fourth-order valence-corrected chi connectivity index (χ4v) is 2.54. The fourth-order valence-electron chi connectivity index (χ4n) is 1.75. The molecule has 3 nitrogen and oxygen atoms in total. The molecule has 0 saturated heterocycles. The van der Waals surface area contributed by atoms with E-state index in [2.05, 4.69) is 28.2 Å². The third-order valence-electron chi connectivity index (χ3n) is 2.73. The predicted molar refractivity (Wildman–Crippen MR) is 84.2 cm³/mol. The third kappa shape index (κ3) is 4.54. The number of furan rings is 1. The van der Waals surface area contributed by atoms with Gasteiger partial charge in [0.2, 0.25) is 0 Å². The first-order valence-corrected chi connectivity index (χ1v) is 7.71. The maximum atomic E-state index is 5.89. The Bertz CT molecular complexity index is 557. The van der Waals surface area contributed by atoms with E-state index in [1.807, 2.05) is 12.1 Å². The summed E-state index contributed by atoms with van der Waals surface area (Å²) in [5, 5.41) is 4.00. The zero-order valence-electron chi connectivity index (χ0n) is 11.3. The van der Waals surface area contributed by atoms with E-state index in [1.54, 1.807) is 18.4 Å². The van der Waals surface area contributed by atoms with Crippen LogP contribution in [0.25, 0.3) is 0 Å². The highest BCUT2D eigenvalue weighted by molar-refractivity contribution is 9.10. The van der Waals surface area contributed by atoms with Gasteiger partial charge in [-0.1, -0.05) is 18.5 Å². The SMILES string of the molecule is CCCNCc1coc(COc2ccc(Cl)cc2Br)c1. The lowest BCUT2D eigenvalue weighted by Crippen LogP contribution is -2.13. The van der Waals surface area contributed by atoms with E-state index >= 15 is 0 Å². The Hall–Kier alpha value is -0.970. The van der Waals surface area contributed by atoms with E-state index in [0.29, 0.717) is 11.6 Å². The van der Waals surface area contributed by atoms with Gasteiger partial charge in [0.05, 0.1) is 10.7 Å². The van der Waals surface area contributed by atoms with Gasteiger partial charge in [-0.25, -0.2) is 0 Å². The molecule has 0 spiro atoms. The van der Waals surface area contributed by atoms with Crippen LogP contribution in [0.5, 0.6) is 5.75 Å². The third-order valence-corrected chi connectivity index (χ3v) is 3.58. The predicted octanol–water partition coefficient (Wildman–Crippen LogP) is 4.77. The van der Waals surface area contributed by atoms with Gasteiger partial charge in [0.25, 0.3) is 0 Å². The zero-order valence-corrected chi connectivity index (χ0v) is 13.6. The van der Waals surface area contributed by atoms with Crippen LogP contribution in [-0.4, -0.2) is 6.54 Å². The Morgan fingerprint density at radius 3 is 2.95 bits per heavy atom. The second kappa shape index (κ2) is 7.72. The molecule has 108 valence electrons. The molecule has 2 rings (SSSR count). The number of rotatable bonds is 7. The summed E-state index contributed by atoms with van der Waals surface area (Å²) in [5.41, 5.74) is 1.13. The topological polar surface area (TPSA) is 34.4 Å². The Labute approximate surface area is 132 Å². The van der Waals surface area contributed by atoms with Crippen LogP contribution in [0.1, 0.15) is 24.7 Å². The van der Waals surface area contributed by atoms with Crippen LogP contribution in [0.3, 0.4) is 0 Å². The molecule has 0 amide bonds. The number of halogens is 2. The standard InChI is InChI=1S/C15H17BrClNO2/c1-2-5-18-8-11-6-13(19-9-11)10-20-15-4-3-12(17)7-14(15)16/h3-4,6-7,9,18H,2,5,8,10H2,1H3. The zero-order chi connectivity index (χ0) is 14.4. The highest BCUT2D eigenvalue weighted by atomic mass is 79.9. The summed E-state index contributed by atoms with van der Waals surface area (Å²) >= 11 is 9.30. The van der Waals surface area contributed by atoms with Crippen molar-refractivity contribution in [2.24, 2.45) is 0 Å². The molecule has 0 saturated carbocycles. The minimum Gasteiger partial charge on any atom is -0.484 e. The smallest absolute Gasteiger partial charge is 0.146 e. The molecule has 1 aromatic heterocycles. The molecule has 5 heteroatoms. The molecule has 0 unspecified atom stereocenters. The fraction of sp³-hybridized carbons (Fsp3) is 0.333. The van der Waals surface area contributed by atoms with Gasteiger partial charge in [-0.3, -0.25) is 0 Å². The summed E-state index contributed by atoms with van der Waals surface area (Å²) in [6.07, 6.45) is 2.89. The largest absolute Gasteiger partial charge is 0.484 e. The number of hydrogen-bond acceptors (Lipinski definition) is 3. The lowest BCUT2D eigenvalue weighted by atomic mass is 10.3. The van der Waals surface area contributed by atoms with Gasteiger partial charge in [0.15, 0.2) is 0 Å². The van der Waals surface area contributed by atoms with Crippen molar-refractivity contribution in [3.05, 3.63) is 51.3 Å². The lowest BCUT2D eigenvalue weighted by molar-refractivity contribution is 0.269. The van der Waals surface area contributed by atoms with Crippen LogP contribution in [-0.2, 0) is 13.2 Å². The Balaban J connectivity index is 1.87. The summed E-state index contributed by atoms with van der Waals surface area (Å²) in [4.78, 5) is 0. The maximum absolute atomic E-state index is 5.89. The van der Waals surface area contributed by atoms with Crippen molar-refractivity contribution >= 4 is 27.5 Å². The van der Waals surface area contributed by atoms with Crippen molar-refractivity contribution in [3.8, 4) is 5.75 Å². The van der Waals surface area contributed by atoms with Crippen molar-refractivity contribution in [3.63, 3.8) is 0 Å². The monoisotopic (exact) mass is 357 g/mol. The van der Waals surface area contributed by atoms with Gasteiger partial charge >= 0.3 is 0 Å². The molecule has 0 aliphatic rings. The highest BCUT2D eigenvalue weighted by Gasteiger charge is 2.05. The van der Waals surface area contributed by atoms with E-state index in [1.165, 1.54) is 0 Å². The first-order chi connectivity index (χ1) is 9.69. The molecular weight excluding hydrogens is 342 g/mol. The molecule has 0 radical (unpaired) electrons. The van der Waals surface area contributed by atoms with E-state index < -0.39 is 0 Å². The molecule has 0 aliphatic heterocycles. The number of ether oxygens (including phenoxy) is 1. The molecule has 1 aromatic carbocycles. The summed E-state index contributed by atoms with van der Waals surface area (Å²) in [7, 11) is 0. The first-order valence-electron chi connectivity index (χ1n) is 6.54. The number of benzene rings is 1. The summed E-state index contributed by atoms with van der Waals surface area (Å²) in [6, 6.07) is 7.44. The molecule has 0 atom stereocenters. The van der Waals surface area contributed by atoms with Crippen LogP contribution in [0.4, 0.5) is 0 Å². The van der Waals surface area contributed by atoms with Crippen molar-refractivity contribution in [1.82, 2.24) is 5.32 Å². The number of nitrogens with one attached hydrogen (secondary N) is 1. The average molecular weight is 359 g/mol. The second-order valence-electron chi connectivity index (χ2n) is 4.46. The Morgan fingerprint density at radius 1 is 1.35 bits per heavy atom. The van der Waals surface area contributed by atoms with Crippen LogP contribution in [0.15, 0.2) is 39.4 Å². The van der Waals surface area contributed by atoms with Gasteiger partial charge in [-0.2, -0.15) is 0 Å². The molecular formula is C15H17BrClNO2. The molecule has 1 heterocycles. The van der Waals surface area contributed by atoms with Crippen molar-refractivity contribution in [2.75, 3.05) is 6.54 Å². The van der Waals surface area contributed by atoms with E-state index in [4.69, 9.17) is 20.8 Å². The lowest BCUT2D eigenvalue weighted by Gasteiger charge is -2.06. The van der Waals surface area contributed by atoms with Gasteiger partial charge < -0.3 is 14.5 Å². The van der Waals surface area contributed by atoms with Crippen LogP contribution in [0, 0.1) is 0 Å². The second-order valence-corrected chi connectivity index (χ2v) is 5.75. The molecule has 1 N–H and O–H groups in total. The van der Waals surface area contributed by atoms with E-state index in [9.17, 15) is 0 Å². The summed E-state index contributed by atoms with van der Waals surface area (Å²) in [6.45, 7) is 4.37. The van der Waals surface area contributed by atoms with Crippen molar-refractivity contribution in [1.29, 1.82) is 0 Å². The Kier molecular flexibility index (Phi) is 5.95. The summed E-state index contributed by atoms with van der Waals surface area (Å²) in [5.74, 6) is 1.55. The molecule has 20 heavy (non-hydrogen) atoms. The van der Waals surface area contributed by atoms with Gasteiger partial charge in [-0.15, -0.1) is 0 Å².